The van der Waals surface area contributed by atoms with E-state index >= 15 is 0 Å². The quantitative estimate of drug-likeness (QED) is 0.599. The van der Waals surface area contributed by atoms with Gasteiger partial charge in [0.05, 0.1) is 0 Å². The number of hydrogen-bond donors (Lipinski definition) is 1. The van der Waals surface area contributed by atoms with Crippen LogP contribution in [0.25, 0.3) is 10.2 Å². The summed E-state index contributed by atoms with van der Waals surface area (Å²) in [4.78, 5) is 11.4. The molecule has 6 heteroatoms. The molecule has 21 heavy (non-hydrogen) atoms. The Morgan fingerprint density at radius 3 is 3.00 bits per heavy atom. The topological polar surface area (TPSA) is 37.8 Å². The number of aromatic nitrogens is 2. The van der Waals surface area contributed by atoms with Gasteiger partial charge in [0.2, 0.25) is 5.95 Å². The van der Waals surface area contributed by atoms with Gasteiger partial charge in [0.15, 0.2) is 0 Å². The number of benzene rings is 1. The monoisotopic (exact) mass is 379 g/mol. The number of rotatable bonds is 5. The number of hydrogen-bond acceptors (Lipinski definition) is 5. The van der Waals surface area contributed by atoms with Gasteiger partial charge in [-0.25, -0.2) is 9.97 Å². The van der Waals surface area contributed by atoms with Crippen LogP contribution in [0, 0.1) is 0 Å². The SMILES string of the molecule is CCCNc1nc(Sc2cccc(Br)c2)c2ccsc2n1. The highest BCUT2D eigenvalue weighted by Crippen LogP contribution is 2.35. The molecule has 0 saturated heterocycles. The highest BCUT2D eigenvalue weighted by atomic mass is 79.9. The number of nitrogens with one attached hydrogen (secondary N) is 1. The zero-order valence-corrected chi connectivity index (χ0v) is 14.7. The maximum atomic E-state index is 4.67. The Hall–Kier alpha value is -1.11. The lowest BCUT2D eigenvalue weighted by Gasteiger charge is -2.07. The molecule has 1 N–H and O–H groups in total. The summed E-state index contributed by atoms with van der Waals surface area (Å²) in [5, 5.41) is 7.45. The van der Waals surface area contributed by atoms with Gasteiger partial charge in [0.25, 0.3) is 0 Å². The van der Waals surface area contributed by atoms with Crippen LogP contribution in [0.2, 0.25) is 0 Å². The summed E-state index contributed by atoms with van der Waals surface area (Å²) in [6, 6.07) is 10.3. The first kappa shape index (κ1) is 14.8. The lowest BCUT2D eigenvalue weighted by Crippen LogP contribution is -2.04. The fourth-order valence-electron chi connectivity index (χ4n) is 1.86. The highest BCUT2D eigenvalue weighted by molar-refractivity contribution is 9.10. The molecule has 0 radical (unpaired) electrons. The van der Waals surface area contributed by atoms with E-state index in [9.17, 15) is 0 Å². The van der Waals surface area contributed by atoms with Crippen molar-refractivity contribution in [2.45, 2.75) is 23.3 Å². The summed E-state index contributed by atoms with van der Waals surface area (Å²) >= 11 is 6.83. The van der Waals surface area contributed by atoms with Crippen molar-refractivity contribution in [3.05, 3.63) is 40.2 Å². The van der Waals surface area contributed by atoms with Crippen molar-refractivity contribution < 1.29 is 0 Å². The van der Waals surface area contributed by atoms with Crippen molar-refractivity contribution in [1.82, 2.24) is 9.97 Å². The molecule has 0 fully saturated rings. The zero-order chi connectivity index (χ0) is 14.7. The van der Waals surface area contributed by atoms with Gasteiger partial charge >= 0.3 is 0 Å². The summed E-state index contributed by atoms with van der Waals surface area (Å²) < 4.78 is 1.08. The second-order valence-corrected chi connectivity index (χ2v) is 7.35. The Morgan fingerprint density at radius 1 is 1.29 bits per heavy atom. The summed E-state index contributed by atoms with van der Waals surface area (Å²) in [6.07, 6.45) is 1.06. The first-order valence-electron chi connectivity index (χ1n) is 6.69. The van der Waals surface area contributed by atoms with Crippen molar-refractivity contribution in [1.29, 1.82) is 0 Å². The van der Waals surface area contributed by atoms with E-state index in [4.69, 9.17) is 0 Å². The summed E-state index contributed by atoms with van der Waals surface area (Å²) in [5.41, 5.74) is 0. The van der Waals surface area contributed by atoms with Gasteiger partial charge < -0.3 is 5.32 Å². The van der Waals surface area contributed by atoms with E-state index in [0.717, 1.165) is 37.6 Å². The average Bonchev–Trinajstić information content (AvgIpc) is 2.94. The Balaban J connectivity index is 1.97. The van der Waals surface area contributed by atoms with Crippen LogP contribution in [0.15, 0.2) is 50.1 Å². The van der Waals surface area contributed by atoms with E-state index in [0.29, 0.717) is 5.95 Å². The Bertz CT molecular complexity index is 758. The normalized spacial score (nSPS) is 11.0. The van der Waals surface area contributed by atoms with Crippen molar-refractivity contribution in [2.24, 2.45) is 0 Å². The van der Waals surface area contributed by atoms with E-state index in [-0.39, 0.29) is 0 Å². The highest BCUT2D eigenvalue weighted by Gasteiger charge is 2.10. The second kappa shape index (κ2) is 6.77. The first-order valence-corrected chi connectivity index (χ1v) is 9.17. The van der Waals surface area contributed by atoms with E-state index in [1.165, 1.54) is 0 Å². The van der Waals surface area contributed by atoms with Crippen LogP contribution >= 0.6 is 39.0 Å². The first-order chi connectivity index (χ1) is 10.3. The molecule has 0 unspecified atom stereocenters. The van der Waals surface area contributed by atoms with Gasteiger partial charge in [-0.15, -0.1) is 11.3 Å². The molecule has 0 aliphatic rings. The van der Waals surface area contributed by atoms with Gasteiger partial charge in [0, 0.05) is 21.3 Å². The lowest BCUT2D eigenvalue weighted by atomic mass is 10.4. The van der Waals surface area contributed by atoms with Gasteiger partial charge in [-0.3, -0.25) is 0 Å². The maximum Gasteiger partial charge on any atom is 0.225 e. The van der Waals surface area contributed by atoms with Gasteiger partial charge in [-0.2, -0.15) is 0 Å². The molecule has 2 aromatic heterocycles. The van der Waals surface area contributed by atoms with Crippen molar-refractivity contribution in [2.75, 3.05) is 11.9 Å². The van der Waals surface area contributed by atoms with Crippen molar-refractivity contribution in [3.8, 4) is 0 Å². The molecule has 0 saturated carbocycles. The second-order valence-electron chi connectivity index (χ2n) is 4.48. The smallest absolute Gasteiger partial charge is 0.225 e. The minimum absolute atomic E-state index is 0.712. The summed E-state index contributed by atoms with van der Waals surface area (Å²) in [6.45, 7) is 3.02. The largest absolute Gasteiger partial charge is 0.354 e. The van der Waals surface area contributed by atoms with E-state index < -0.39 is 0 Å². The molecule has 0 aliphatic carbocycles. The molecule has 3 rings (SSSR count). The van der Waals surface area contributed by atoms with Crippen LogP contribution in [0.5, 0.6) is 0 Å². The molecule has 0 aliphatic heterocycles. The molecular formula is C15H14BrN3S2. The Kier molecular flexibility index (Phi) is 4.77. The number of thiophene rings is 1. The number of nitrogens with zero attached hydrogens (tertiary/aromatic N) is 2. The molecule has 3 nitrogen and oxygen atoms in total. The molecule has 3 aromatic rings. The summed E-state index contributed by atoms with van der Waals surface area (Å²) in [5.74, 6) is 0.712. The number of halogens is 1. The van der Waals surface area contributed by atoms with Crippen LogP contribution in [0.4, 0.5) is 5.95 Å². The van der Waals surface area contributed by atoms with Crippen molar-refractivity contribution >= 4 is 55.2 Å². The average molecular weight is 380 g/mol. The minimum Gasteiger partial charge on any atom is -0.354 e. The van der Waals surface area contributed by atoms with Gasteiger partial charge in [-0.05, 0) is 36.1 Å². The van der Waals surface area contributed by atoms with Crippen LogP contribution in [0.3, 0.4) is 0 Å². The third kappa shape index (κ3) is 3.56. The molecule has 0 spiro atoms. The minimum atomic E-state index is 0.712. The third-order valence-corrected chi connectivity index (χ3v) is 5.13. The van der Waals surface area contributed by atoms with E-state index in [2.05, 4.69) is 61.7 Å². The zero-order valence-electron chi connectivity index (χ0n) is 11.5. The Labute approximate surface area is 140 Å². The van der Waals surface area contributed by atoms with E-state index in [1.54, 1.807) is 23.1 Å². The predicted molar refractivity (Wildman–Crippen MR) is 94.5 cm³/mol. The lowest BCUT2D eigenvalue weighted by molar-refractivity contribution is 0.947. The fourth-order valence-corrected chi connectivity index (χ4v) is 4.21. The van der Waals surface area contributed by atoms with Crippen LogP contribution < -0.4 is 5.32 Å². The number of fused-ring (bicyclic) bond motifs is 1. The standard InChI is InChI=1S/C15H14BrN3S2/c1-2-7-17-15-18-13-12(6-8-20-13)14(19-15)21-11-5-3-4-10(16)9-11/h3-6,8-9H,2,7H2,1H3,(H,17,18,19). The van der Waals surface area contributed by atoms with Crippen LogP contribution in [-0.4, -0.2) is 16.5 Å². The molecule has 0 bridgehead atoms. The van der Waals surface area contributed by atoms with Crippen molar-refractivity contribution in [3.63, 3.8) is 0 Å². The molecule has 108 valence electrons. The predicted octanol–water partition coefficient (Wildman–Crippen LogP) is 5.43. The summed E-state index contributed by atoms with van der Waals surface area (Å²) in [7, 11) is 0. The number of anilines is 1. The molecule has 1 aromatic carbocycles. The van der Waals surface area contributed by atoms with Crippen LogP contribution in [-0.2, 0) is 0 Å². The maximum absolute atomic E-state index is 4.67. The fraction of sp³-hybridized carbons (Fsp3) is 0.200. The van der Waals surface area contributed by atoms with Gasteiger partial charge in [-0.1, -0.05) is 40.7 Å². The molecular weight excluding hydrogens is 366 g/mol. The molecule has 0 amide bonds. The molecule has 2 heterocycles. The third-order valence-electron chi connectivity index (χ3n) is 2.83. The molecule has 0 atom stereocenters. The van der Waals surface area contributed by atoms with E-state index in [1.807, 2.05) is 12.1 Å². The van der Waals surface area contributed by atoms with Gasteiger partial charge in [0.1, 0.15) is 9.86 Å². The van der Waals surface area contributed by atoms with Crippen LogP contribution in [0.1, 0.15) is 13.3 Å². The Morgan fingerprint density at radius 2 is 2.19 bits per heavy atom.